The van der Waals surface area contributed by atoms with Crippen LogP contribution in [0.5, 0.6) is 0 Å². The Bertz CT molecular complexity index is 762. The first-order chi connectivity index (χ1) is 9.69. The van der Waals surface area contributed by atoms with Crippen LogP contribution in [0.15, 0.2) is 34.9 Å². The molecule has 0 radical (unpaired) electrons. The number of fused-ring (bicyclic) bond motifs is 1. The second-order valence-corrected chi connectivity index (χ2v) is 4.86. The fourth-order valence-electron chi connectivity index (χ4n) is 2.26. The molecule has 0 spiro atoms. The Morgan fingerprint density at radius 3 is 2.80 bits per heavy atom. The summed E-state index contributed by atoms with van der Waals surface area (Å²) in [5.41, 5.74) is 3.90. The first-order valence-electron chi connectivity index (χ1n) is 6.76. The molecule has 20 heavy (non-hydrogen) atoms. The van der Waals surface area contributed by atoms with E-state index in [2.05, 4.69) is 21.4 Å². The van der Waals surface area contributed by atoms with Gasteiger partial charge in [0.1, 0.15) is 11.3 Å². The van der Waals surface area contributed by atoms with Crippen LogP contribution in [-0.2, 0) is 0 Å². The molecule has 0 amide bonds. The second kappa shape index (κ2) is 4.96. The molecule has 1 aromatic carbocycles. The van der Waals surface area contributed by atoms with E-state index >= 15 is 0 Å². The molecule has 2 heterocycles. The van der Waals surface area contributed by atoms with Gasteiger partial charge < -0.3 is 9.73 Å². The van der Waals surface area contributed by atoms with Gasteiger partial charge in [-0.2, -0.15) is 0 Å². The fourth-order valence-corrected chi connectivity index (χ4v) is 2.26. The van der Waals surface area contributed by atoms with E-state index in [1.165, 1.54) is 0 Å². The molecular weight excluding hydrogens is 250 g/mol. The lowest BCUT2D eigenvalue weighted by Gasteiger charge is -2.05. The van der Waals surface area contributed by atoms with Crippen LogP contribution >= 0.6 is 0 Å². The van der Waals surface area contributed by atoms with Crippen LogP contribution in [0.1, 0.15) is 18.1 Å². The predicted molar refractivity (Wildman–Crippen MR) is 80.9 cm³/mol. The summed E-state index contributed by atoms with van der Waals surface area (Å²) in [5.74, 6) is 1.42. The quantitative estimate of drug-likeness (QED) is 0.781. The van der Waals surface area contributed by atoms with Crippen LogP contribution in [0.2, 0.25) is 0 Å². The van der Waals surface area contributed by atoms with Crippen molar-refractivity contribution in [1.82, 2.24) is 9.97 Å². The number of hydrogen-bond acceptors (Lipinski definition) is 4. The van der Waals surface area contributed by atoms with Crippen molar-refractivity contribution in [1.29, 1.82) is 0 Å². The highest BCUT2D eigenvalue weighted by Gasteiger charge is 2.12. The zero-order valence-corrected chi connectivity index (χ0v) is 11.9. The second-order valence-electron chi connectivity index (χ2n) is 4.86. The molecule has 0 aliphatic carbocycles. The minimum atomic E-state index is 0.630. The van der Waals surface area contributed by atoms with E-state index in [1.807, 2.05) is 45.2 Å². The van der Waals surface area contributed by atoms with Gasteiger partial charge in [-0.05, 0) is 38.0 Å². The van der Waals surface area contributed by atoms with Crippen molar-refractivity contribution >= 4 is 16.9 Å². The summed E-state index contributed by atoms with van der Waals surface area (Å²) in [4.78, 5) is 8.80. The van der Waals surface area contributed by atoms with Crippen molar-refractivity contribution in [3.05, 3.63) is 41.6 Å². The first-order valence-corrected chi connectivity index (χ1v) is 6.76. The van der Waals surface area contributed by atoms with E-state index in [1.54, 1.807) is 0 Å². The Morgan fingerprint density at radius 2 is 2.05 bits per heavy atom. The maximum atomic E-state index is 5.98. The SMILES string of the molecule is CCNc1ncc(C)c(-c2cc3cccc(C)c3o2)n1. The van der Waals surface area contributed by atoms with E-state index in [4.69, 9.17) is 4.42 Å². The summed E-state index contributed by atoms with van der Waals surface area (Å²) >= 11 is 0. The van der Waals surface area contributed by atoms with Crippen LogP contribution in [0.25, 0.3) is 22.4 Å². The lowest BCUT2D eigenvalue weighted by molar-refractivity contribution is 0.625. The normalized spacial score (nSPS) is 10.9. The molecule has 0 atom stereocenters. The number of aromatic nitrogens is 2. The van der Waals surface area contributed by atoms with Crippen molar-refractivity contribution in [3.8, 4) is 11.5 Å². The molecule has 2 aromatic heterocycles. The van der Waals surface area contributed by atoms with Gasteiger partial charge in [0.05, 0.1) is 0 Å². The van der Waals surface area contributed by atoms with Gasteiger partial charge in [-0.25, -0.2) is 9.97 Å². The summed E-state index contributed by atoms with van der Waals surface area (Å²) in [5, 5.41) is 4.23. The summed E-state index contributed by atoms with van der Waals surface area (Å²) in [6, 6.07) is 8.17. The highest BCUT2D eigenvalue weighted by atomic mass is 16.3. The number of furan rings is 1. The molecule has 4 heteroatoms. The molecule has 1 N–H and O–H groups in total. The molecule has 0 unspecified atom stereocenters. The average Bonchev–Trinajstić information content (AvgIpc) is 2.86. The fraction of sp³-hybridized carbons (Fsp3) is 0.250. The monoisotopic (exact) mass is 267 g/mol. The lowest BCUT2D eigenvalue weighted by atomic mass is 10.1. The number of nitrogens with zero attached hydrogens (tertiary/aromatic N) is 2. The molecule has 0 aliphatic rings. The number of hydrogen-bond donors (Lipinski definition) is 1. The summed E-state index contributed by atoms with van der Waals surface area (Å²) < 4.78 is 5.98. The number of para-hydroxylation sites is 1. The smallest absolute Gasteiger partial charge is 0.223 e. The highest BCUT2D eigenvalue weighted by molar-refractivity contribution is 5.85. The molecule has 102 valence electrons. The molecule has 3 aromatic rings. The topological polar surface area (TPSA) is 51.0 Å². The third-order valence-corrected chi connectivity index (χ3v) is 3.28. The number of benzene rings is 1. The van der Waals surface area contributed by atoms with Crippen LogP contribution in [0.3, 0.4) is 0 Å². The van der Waals surface area contributed by atoms with E-state index in [0.29, 0.717) is 5.95 Å². The van der Waals surface area contributed by atoms with E-state index in [0.717, 1.165) is 40.1 Å². The molecule has 3 rings (SSSR count). The van der Waals surface area contributed by atoms with Gasteiger partial charge in [-0.3, -0.25) is 0 Å². The zero-order valence-electron chi connectivity index (χ0n) is 11.9. The highest BCUT2D eigenvalue weighted by Crippen LogP contribution is 2.30. The average molecular weight is 267 g/mol. The maximum Gasteiger partial charge on any atom is 0.223 e. The van der Waals surface area contributed by atoms with Gasteiger partial charge in [0.2, 0.25) is 5.95 Å². The molecule has 0 saturated carbocycles. The number of anilines is 1. The number of aryl methyl sites for hydroxylation is 2. The van der Waals surface area contributed by atoms with Crippen LogP contribution in [0.4, 0.5) is 5.95 Å². The molecule has 0 fully saturated rings. The Balaban J connectivity index is 2.14. The third kappa shape index (κ3) is 2.13. The van der Waals surface area contributed by atoms with Crippen molar-refractivity contribution in [2.75, 3.05) is 11.9 Å². The Morgan fingerprint density at radius 1 is 1.20 bits per heavy atom. The van der Waals surface area contributed by atoms with E-state index in [-0.39, 0.29) is 0 Å². The molecule has 4 nitrogen and oxygen atoms in total. The summed E-state index contributed by atoms with van der Waals surface area (Å²) in [6.45, 7) is 6.85. The van der Waals surface area contributed by atoms with Crippen molar-refractivity contribution < 1.29 is 4.42 Å². The van der Waals surface area contributed by atoms with Gasteiger partial charge in [-0.15, -0.1) is 0 Å². The van der Waals surface area contributed by atoms with Crippen LogP contribution < -0.4 is 5.32 Å². The van der Waals surface area contributed by atoms with Crippen LogP contribution in [0, 0.1) is 13.8 Å². The van der Waals surface area contributed by atoms with Crippen LogP contribution in [-0.4, -0.2) is 16.5 Å². The Labute approximate surface area is 117 Å². The Kier molecular flexibility index (Phi) is 3.14. The van der Waals surface area contributed by atoms with Gasteiger partial charge in [0.15, 0.2) is 5.76 Å². The zero-order chi connectivity index (χ0) is 14.1. The lowest BCUT2D eigenvalue weighted by Crippen LogP contribution is -2.03. The predicted octanol–water partition coefficient (Wildman–Crippen LogP) is 3.94. The number of rotatable bonds is 3. The van der Waals surface area contributed by atoms with Crippen molar-refractivity contribution in [2.45, 2.75) is 20.8 Å². The van der Waals surface area contributed by atoms with Crippen molar-refractivity contribution in [3.63, 3.8) is 0 Å². The number of nitrogens with one attached hydrogen (secondary N) is 1. The van der Waals surface area contributed by atoms with Gasteiger partial charge in [-0.1, -0.05) is 18.2 Å². The molecule has 0 aliphatic heterocycles. The van der Waals surface area contributed by atoms with Gasteiger partial charge in [0.25, 0.3) is 0 Å². The molecule has 0 saturated heterocycles. The van der Waals surface area contributed by atoms with Gasteiger partial charge >= 0.3 is 0 Å². The molecular formula is C16H17N3O. The standard InChI is InChI=1S/C16H17N3O/c1-4-17-16-18-9-11(3)14(19-16)13-8-12-7-5-6-10(2)15(12)20-13/h5-9H,4H2,1-3H3,(H,17,18,19). The van der Waals surface area contributed by atoms with E-state index < -0.39 is 0 Å². The largest absolute Gasteiger partial charge is 0.454 e. The molecule has 0 bridgehead atoms. The first kappa shape index (κ1) is 12.7. The van der Waals surface area contributed by atoms with Crippen molar-refractivity contribution in [2.24, 2.45) is 0 Å². The van der Waals surface area contributed by atoms with Gasteiger partial charge in [0, 0.05) is 18.1 Å². The summed E-state index contributed by atoms with van der Waals surface area (Å²) in [6.07, 6.45) is 1.82. The Hall–Kier alpha value is -2.36. The minimum absolute atomic E-state index is 0.630. The summed E-state index contributed by atoms with van der Waals surface area (Å²) in [7, 11) is 0. The maximum absolute atomic E-state index is 5.98. The minimum Gasteiger partial charge on any atom is -0.454 e. The van der Waals surface area contributed by atoms with E-state index in [9.17, 15) is 0 Å². The third-order valence-electron chi connectivity index (χ3n) is 3.28.